The number of hydrogen-bond donors (Lipinski definition) is 1. The maximum atomic E-state index is 12.7. The Morgan fingerprint density at radius 1 is 1.03 bits per heavy atom. The molecule has 1 aliphatic rings. The number of carbonyl (C=O) groups excluding carboxylic acids is 2. The Morgan fingerprint density at radius 3 is 2.19 bits per heavy atom. The van der Waals surface area contributed by atoms with E-state index >= 15 is 0 Å². The molecule has 1 fully saturated rings. The first-order chi connectivity index (χ1) is 15.0. The molecule has 1 aliphatic heterocycles. The van der Waals surface area contributed by atoms with Gasteiger partial charge in [0.2, 0.25) is 5.91 Å². The van der Waals surface area contributed by atoms with Gasteiger partial charge in [0.1, 0.15) is 15.8 Å². The Kier molecular flexibility index (Phi) is 8.08. The van der Waals surface area contributed by atoms with Crippen molar-refractivity contribution in [1.29, 1.82) is 0 Å². The summed E-state index contributed by atoms with van der Waals surface area (Å²) in [5, 5.41) is 2.82. The second-order valence-corrected chi connectivity index (χ2v) is 8.27. The van der Waals surface area contributed by atoms with E-state index in [1.807, 2.05) is 38.1 Å². The van der Waals surface area contributed by atoms with E-state index in [0.717, 1.165) is 17.1 Å². The van der Waals surface area contributed by atoms with Gasteiger partial charge in [-0.25, -0.2) is 0 Å². The summed E-state index contributed by atoms with van der Waals surface area (Å²) in [6.07, 6.45) is 1.95. The van der Waals surface area contributed by atoms with Crippen LogP contribution in [0.25, 0.3) is 6.08 Å². The molecule has 6 nitrogen and oxygen atoms in total. The molecule has 0 radical (unpaired) electrons. The molecule has 0 spiro atoms. The number of thiocarbonyl (C=S) groups is 1. The molecule has 0 bridgehead atoms. The molecule has 2 aromatic rings. The Morgan fingerprint density at radius 2 is 1.61 bits per heavy atom. The second kappa shape index (κ2) is 11.0. The van der Waals surface area contributed by atoms with E-state index in [1.54, 1.807) is 30.3 Å². The lowest BCUT2D eigenvalue weighted by molar-refractivity contribution is -0.122. The van der Waals surface area contributed by atoms with Gasteiger partial charge in [0.05, 0.1) is 18.1 Å². The average Bonchev–Trinajstić information content (AvgIpc) is 3.02. The first kappa shape index (κ1) is 22.8. The Bertz CT molecular complexity index is 972. The van der Waals surface area contributed by atoms with E-state index in [1.165, 1.54) is 16.7 Å². The van der Waals surface area contributed by atoms with Crippen LogP contribution in [0.4, 0.5) is 5.69 Å². The number of ether oxygens (including phenoxy) is 2. The molecule has 0 aromatic heterocycles. The van der Waals surface area contributed by atoms with Crippen LogP contribution in [0.3, 0.4) is 0 Å². The molecule has 162 valence electrons. The van der Waals surface area contributed by atoms with Crippen molar-refractivity contribution in [1.82, 2.24) is 4.90 Å². The molecule has 0 unspecified atom stereocenters. The van der Waals surface area contributed by atoms with Crippen molar-refractivity contribution < 1.29 is 19.1 Å². The lowest BCUT2D eigenvalue weighted by Crippen LogP contribution is -2.31. The van der Waals surface area contributed by atoms with Gasteiger partial charge < -0.3 is 14.8 Å². The number of anilines is 1. The van der Waals surface area contributed by atoms with E-state index in [9.17, 15) is 9.59 Å². The number of nitrogens with one attached hydrogen (secondary N) is 1. The van der Waals surface area contributed by atoms with Crippen LogP contribution in [0.2, 0.25) is 0 Å². The van der Waals surface area contributed by atoms with Crippen LogP contribution in [0.15, 0.2) is 53.4 Å². The molecule has 8 heteroatoms. The van der Waals surface area contributed by atoms with Crippen molar-refractivity contribution in [2.45, 2.75) is 20.3 Å². The van der Waals surface area contributed by atoms with Gasteiger partial charge in [0.25, 0.3) is 5.91 Å². The highest BCUT2D eigenvalue weighted by molar-refractivity contribution is 8.26. The van der Waals surface area contributed by atoms with Gasteiger partial charge in [-0.05, 0) is 61.9 Å². The molecule has 2 aromatic carbocycles. The van der Waals surface area contributed by atoms with Crippen molar-refractivity contribution >= 4 is 51.9 Å². The molecular formula is C23H24N2O4S2. The van der Waals surface area contributed by atoms with Crippen molar-refractivity contribution in [2.75, 3.05) is 25.1 Å². The van der Waals surface area contributed by atoms with Crippen molar-refractivity contribution in [2.24, 2.45) is 0 Å². The standard InChI is InChI=1S/C23H24N2O4S2/c1-3-28-18-9-5-16(6-10-18)15-20-22(27)25(23(30)31-20)14-13-21(26)24-17-7-11-19(12-8-17)29-4-2/h5-12,15H,3-4,13-14H2,1-2H3,(H,24,26)/b20-15-. The summed E-state index contributed by atoms with van der Waals surface area (Å²) in [6, 6.07) is 14.7. The van der Waals surface area contributed by atoms with E-state index in [2.05, 4.69) is 5.32 Å². The SMILES string of the molecule is CCOc1ccc(/C=C2\SC(=S)N(CCC(=O)Nc3ccc(OCC)cc3)C2=O)cc1. The Hall–Kier alpha value is -2.84. The summed E-state index contributed by atoms with van der Waals surface area (Å²) >= 11 is 6.59. The van der Waals surface area contributed by atoms with Crippen molar-refractivity contribution in [3.05, 3.63) is 59.0 Å². The number of thioether (sulfide) groups is 1. The summed E-state index contributed by atoms with van der Waals surface area (Å²) in [5.41, 5.74) is 1.56. The smallest absolute Gasteiger partial charge is 0.266 e. The van der Waals surface area contributed by atoms with E-state index in [0.29, 0.717) is 28.1 Å². The molecule has 0 aliphatic carbocycles. The molecule has 2 amide bonds. The van der Waals surface area contributed by atoms with E-state index in [-0.39, 0.29) is 24.8 Å². The zero-order valence-corrected chi connectivity index (χ0v) is 19.1. The highest BCUT2D eigenvalue weighted by Crippen LogP contribution is 2.33. The minimum absolute atomic E-state index is 0.149. The van der Waals surface area contributed by atoms with Gasteiger partial charge in [-0.3, -0.25) is 14.5 Å². The molecule has 0 saturated carbocycles. The van der Waals surface area contributed by atoms with Gasteiger partial charge in [-0.1, -0.05) is 36.1 Å². The van der Waals surface area contributed by atoms with Crippen LogP contribution in [-0.2, 0) is 9.59 Å². The fourth-order valence-corrected chi connectivity index (χ4v) is 4.22. The molecule has 1 N–H and O–H groups in total. The van der Waals surface area contributed by atoms with Gasteiger partial charge in [-0.2, -0.15) is 0 Å². The fraction of sp³-hybridized carbons (Fsp3) is 0.261. The predicted molar refractivity (Wildman–Crippen MR) is 128 cm³/mol. The number of amides is 2. The first-order valence-electron chi connectivity index (χ1n) is 10.0. The number of rotatable bonds is 9. The number of nitrogens with zero attached hydrogens (tertiary/aromatic N) is 1. The molecule has 31 heavy (non-hydrogen) atoms. The quantitative estimate of drug-likeness (QED) is 0.435. The third kappa shape index (κ3) is 6.32. The topological polar surface area (TPSA) is 67.9 Å². The number of carbonyl (C=O) groups is 2. The fourth-order valence-electron chi connectivity index (χ4n) is 2.91. The number of hydrogen-bond acceptors (Lipinski definition) is 6. The zero-order chi connectivity index (χ0) is 22.2. The first-order valence-corrected chi connectivity index (χ1v) is 11.2. The normalized spacial score (nSPS) is 14.8. The van der Waals surface area contributed by atoms with Crippen LogP contribution in [-0.4, -0.2) is 40.8 Å². The third-order valence-electron chi connectivity index (χ3n) is 4.37. The minimum Gasteiger partial charge on any atom is -0.494 e. The molecule has 1 heterocycles. The van der Waals surface area contributed by atoms with Crippen molar-refractivity contribution in [3.8, 4) is 11.5 Å². The van der Waals surface area contributed by atoms with Gasteiger partial charge in [0.15, 0.2) is 0 Å². The summed E-state index contributed by atoms with van der Waals surface area (Å²) < 4.78 is 11.3. The summed E-state index contributed by atoms with van der Waals surface area (Å²) in [7, 11) is 0. The van der Waals surface area contributed by atoms with Gasteiger partial charge in [-0.15, -0.1) is 0 Å². The Balaban J connectivity index is 1.55. The van der Waals surface area contributed by atoms with Crippen LogP contribution >= 0.6 is 24.0 Å². The summed E-state index contributed by atoms with van der Waals surface area (Å²) in [5.74, 6) is 1.16. The highest BCUT2D eigenvalue weighted by atomic mass is 32.2. The van der Waals surface area contributed by atoms with Crippen LogP contribution in [0.5, 0.6) is 11.5 Å². The van der Waals surface area contributed by atoms with Crippen LogP contribution in [0, 0.1) is 0 Å². The predicted octanol–water partition coefficient (Wildman–Crippen LogP) is 4.71. The average molecular weight is 457 g/mol. The summed E-state index contributed by atoms with van der Waals surface area (Å²) in [4.78, 5) is 27.0. The van der Waals surface area contributed by atoms with E-state index in [4.69, 9.17) is 21.7 Å². The van der Waals surface area contributed by atoms with E-state index < -0.39 is 0 Å². The Labute approximate surface area is 191 Å². The van der Waals surface area contributed by atoms with Gasteiger partial charge in [0, 0.05) is 18.7 Å². The number of benzene rings is 2. The minimum atomic E-state index is -0.186. The summed E-state index contributed by atoms with van der Waals surface area (Å²) in [6.45, 7) is 5.26. The second-order valence-electron chi connectivity index (χ2n) is 6.59. The van der Waals surface area contributed by atoms with Crippen LogP contribution in [0.1, 0.15) is 25.8 Å². The zero-order valence-electron chi connectivity index (χ0n) is 17.4. The molecule has 1 saturated heterocycles. The maximum absolute atomic E-state index is 12.7. The van der Waals surface area contributed by atoms with Crippen LogP contribution < -0.4 is 14.8 Å². The van der Waals surface area contributed by atoms with Crippen molar-refractivity contribution in [3.63, 3.8) is 0 Å². The maximum Gasteiger partial charge on any atom is 0.266 e. The highest BCUT2D eigenvalue weighted by Gasteiger charge is 2.32. The molecule has 3 rings (SSSR count). The largest absolute Gasteiger partial charge is 0.494 e. The lowest BCUT2D eigenvalue weighted by atomic mass is 10.2. The molecule has 0 atom stereocenters. The third-order valence-corrected chi connectivity index (χ3v) is 5.75. The molecular weight excluding hydrogens is 432 g/mol. The monoisotopic (exact) mass is 456 g/mol. The lowest BCUT2D eigenvalue weighted by Gasteiger charge is -2.14. The van der Waals surface area contributed by atoms with Gasteiger partial charge >= 0.3 is 0 Å².